The quantitative estimate of drug-likeness (QED) is 0.336. The van der Waals surface area contributed by atoms with Crippen molar-refractivity contribution in [1.29, 1.82) is 5.26 Å². The molecule has 0 N–H and O–H groups in total. The Labute approximate surface area is 175 Å². The Kier molecular flexibility index (Phi) is 4.15. The standard InChI is InChI=1S/C27H21N2O/c1-17-12-13-21-25-22(19-9-5-4-6-10-19)15-20(16-28)18(2)26(25)30-27(21)24(17)23-11-7-8-14-29(23)3/h4-15H,1-3H3/q+1. The second-order valence-corrected chi connectivity index (χ2v) is 7.71. The van der Waals surface area contributed by atoms with Crippen molar-refractivity contribution in [2.75, 3.05) is 0 Å². The van der Waals surface area contributed by atoms with Gasteiger partial charge < -0.3 is 4.42 Å². The molecule has 0 atom stereocenters. The Bertz CT molecular complexity index is 1470. The van der Waals surface area contributed by atoms with Crippen LogP contribution in [0, 0.1) is 25.2 Å². The van der Waals surface area contributed by atoms with E-state index in [0.717, 1.165) is 55.4 Å². The van der Waals surface area contributed by atoms with Gasteiger partial charge in [0.1, 0.15) is 18.2 Å². The van der Waals surface area contributed by atoms with Crippen LogP contribution in [0.2, 0.25) is 0 Å². The van der Waals surface area contributed by atoms with Gasteiger partial charge in [0.25, 0.3) is 0 Å². The van der Waals surface area contributed by atoms with E-state index in [9.17, 15) is 5.26 Å². The lowest BCUT2D eigenvalue weighted by Crippen LogP contribution is -2.30. The molecule has 0 aliphatic rings. The molecule has 0 saturated heterocycles. The van der Waals surface area contributed by atoms with Crippen LogP contribution in [0.4, 0.5) is 0 Å². The summed E-state index contributed by atoms with van der Waals surface area (Å²) >= 11 is 0. The summed E-state index contributed by atoms with van der Waals surface area (Å²) in [5.74, 6) is 0. The Hall–Kier alpha value is -3.90. The van der Waals surface area contributed by atoms with E-state index in [1.807, 2.05) is 56.6 Å². The second kappa shape index (κ2) is 6.86. The zero-order valence-electron chi connectivity index (χ0n) is 17.2. The smallest absolute Gasteiger partial charge is 0.216 e. The largest absolute Gasteiger partial charge is 0.455 e. The first-order chi connectivity index (χ1) is 14.6. The molecule has 0 saturated carbocycles. The molecule has 0 fully saturated rings. The minimum absolute atomic E-state index is 0.643. The fourth-order valence-electron chi connectivity index (χ4n) is 4.30. The van der Waals surface area contributed by atoms with Crippen LogP contribution in [0.1, 0.15) is 16.7 Å². The number of hydrogen-bond donors (Lipinski definition) is 0. The number of rotatable bonds is 2. The number of benzene rings is 3. The molecule has 0 unspecified atom stereocenters. The first kappa shape index (κ1) is 18.1. The van der Waals surface area contributed by atoms with E-state index >= 15 is 0 Å². The summed E-state index contributed by atoms with van der Waals surface area (Å²) in [4.78, 5) is 0. The van der Waals surface area contributed by atoms with Crippen molar-refractivity contribution < 1.29 is 8.98 Å². The Morgan fingerprint density at radius 2 is 1.67 bits per heavy atom. The molecule has 0 aliphatic carbocycles. The maximum atomic E-state index is 9.74. The van der Waals surface area contributed by atoms with Crippen molar-refractivity contribution in [3.05, 3.63) is 89.6 Å². The van der Waals surface area contributed by atoms with Crippen molar-refractivity contribution >= 4 is 21.9 Å². The Morgan fingerprint density at radius 3 is 2.40 bits per heavy atom. The minimum atomic E-state index is 0.643. The molecule has 3 aromatic carbocycles. The average molecular weight is 389 g/mol. The van der Waals surface area contributed by atoms with Crippen molar-refractivity contribution in [2.24, 2.45) is 7.05 Å². The predicted octanol–water partition coefficient (Wildman–Crippen LogP) is 6.23. The van der Waals surface area contributed by atoms with Crippen LogP contribution in [0.25, 0.3) is 44.3 Å². The zero-order chi connectivity index (χ0) is 20.8. The molecule has 144 valence electrons. The summed E-state index contributed by atoms with van der Waals surface area (Å²) in [6.45, 7) is 4.08. The average Bonchev–Trinajstić information content (AvgIpc) is 3.16. The molecule has 5 rings (SSSR count). The summed E-state index contributed by atoms with van der Waals surface area (Å²) in [5.41, 5.74) is 8.61. The van der Waals surface area contributed by atoms with E-state index in [-0.39, 0.29) is 0 Å². The fraction of sp³-hybridized carbons (Fsp3) is 0.111. The molecular formula is C27H21N2O+. The third-order valence-electron chi connectivity index (χ3n) is 5.89. The van der Waals surface area contributed by atoms with E-state index in [4.69, 9.17) is 4.42 Å². The normalized spacial score (nSPS) is 11.1. The first-order valence-electron chi connectivity index (χ1n) is 10.00. The van der Waals surface area contributed by atoms with Gasteiger partial charge in [0.05, 0.1) is 17.2 Å². The molecule has 5 aromatic rings. The van der Waals surface area contributed by atoms with Crippen LogP contribution in [0.3, 0.4) is 0 Å². The molecule has 0 bridgehead atoms. The van der Waals surface area contributed by atoms with Gasteiger partial charge >= 0.3 is 0 Å². The fourth-order valence-corrected chi connectivity index (χ4v) is 4.30. The lowest BCUT2D eigenvalue weighted by atomic mass is 9.93. The molecular weight excluding hydrogens is 368 g/mol. The van der Waals surface area contributed by atoms with Gasteiger partial charge in [-0.1, -0.05) is 42.5 Å². The van der Waals surface area contributed by atoms with Crippen molar-refractivity contribution in [3.63, 3.8) is 0 Å². The number of nitriles is 1. The van der Waals surface area contributed by atoms with Crippen LogP contribution in [-0.2, 0) is 7.05 Å². The Balaban J connectivity index is 1.98. The highest BCUT2D eigenvalue weighted by atomic mass is 16.3. The van der Waals surface area contributed by atoms with Crippen molar-refractivity contribution in [1.82, 2.24) is 0 Å². The zero-order valence-corrected chi connectivity index (χ0v) is 17.2. The molecule has 3 nitrogen and oxygen atoms in total. The van der Waals surface area contributed by atoms with E-state index in [1.165, 1.54) is 0 Å². The van der Waals surface area contributed by atoms with Crippen LogP contribution in [0.15, 0.2) is 77.3 Å². The molecule has 30 heavy (non-hydrogen) atoms. The molecule has 0 spiro atoms. The number of hydrogen-bond acceptors (Lipinski definition) is 2. The molecule has 0 amide bonds. The highest BCUT2D eigenvalue weighted by molar-refractivity contribution is 6.16. The number of pyridine rings is 1. The van der Waals surface area contributed by atoms with Crippen LogP contribution >= 0.6 is 0 Å². The number of fused-ring (bicyclic) bond motifs is 3. The molecule has 2 aromatic heterocycles. The highest BCUT2D eigenvalue weighted by Gasteiger charge is 2.23. The minimum Gasteiger partial charge on any atom is -0.455 e. The van der Waals surface area contributed by atoms with E-state index < -0.39 is 0 Å². The lowest BCUT2D eigenvalue weighted by Gasteiger charge is -2.08. The number of aromatic nitrogens is 1. The SMILES string of the molecule is Cc1ccc2c(oc3c(C)c(C#N)cc(-c4ccccc4)c32)c1-c1cccc[n+]1C. The van der Waals surface area contributed by atoms with Crippen LogP contribution in [-0.4, -0.2) is 0 Å². The first-order valence-corrected chi connectivity index (χ1v) is 10.00. The molecule has 3 heteroatoms. The van der Waals surface area contributed by atoms with Gasteiger partial charge in [0.2, 0.25) is 5.69 Å². The van der Waals surface area contributed by atoms with E-state index in [2.05, 4.69) is 47.9 Å². The van der Waals surface area contributed by atoms with Gasteiger partial charge in [-0.15, -0.1) is 0 Å². The van der Waals surface area contributed by atoms with Gasteiger partial charge in [0.15, 0.2) is 6.20 Å². The maximum Gasteiger partial charge on any atom is 0.216 e. The molecule has 0 aliphatic heterocycles. The maximum absolute atomic E-state index is 9.74. The summed E-state index contributed by atoms with van der Waals surface area (Å²) in [6.07, 6.45) is 2.05. The predicted molar refractivity (Wildman–Crippen MR) is 120 cm³/mol. The number of furan rings is 1. The number of aryl methyl sites for hydroxylation is 3. The van der Waals surface area contributed by atoms with E-state index in [1.54, 1.807) is 0 Å². The third kappa shape index (κ3) is 2.62. The summed E-state index contributed by atoms with van der Waals surface area (Å²) in [5, 5.41) is 11.9. The van der Waals surface area contributed by atoms with Crippen LogP contribution < -0.4 is 4.57 Å². The second-order valence-electron chi connectivity index (χ2n) is 7.71. The van der Waals surface area contributed by atoms with E-state index in [0.29, 0.717) is 5.56 Å². The van der Waals surface area contributed by atoms with Gasteiger partial charge in [0, 0.05) is 28.5 Å². The summed E-state index contributed by atoms with van der Waals surface area (Å²) in [6, 6.07) is 25.0. The third-order valence-corrected chi connectivity index (χ3v) is 5.89. The van der Waals surface area contributed by atoms with Crippen molar-refractivity contribution in [3.8, 4) is 28.5 Å². The van der Waals surface area contributed by atoms with Gasteiger partial charge in [-0.05, 0) is 42.7 Å². The lowest BCUT2D eigenvalue weighted by molar-refractivity contribution is -0.660. The van der Waals surface area contributed by atoms with Gasteiger partial charge in [-0.3, -0.25) is 0 Å². The molecule has 0 radical (unpaired) electrons. The number of nitrogens with zero attached hydrogens (tertiary/aromatic N) is 2. The topological polar surface area (TPSA) is 40.8 Å². The molecule has 2 heterocycles. The Morgan fingerprint density at radius 1 is 0.900 bits per heavy atom. The van der Waals surface area contributed by atoms with Gasteiger partial charge in [-0.2, -0.15) is 5.26 Å². The van der Waals surface area contributed by atoms with Crippen LogP contribution in [0.5, 0.6) is 0 Å². The summed E-state index contributed by atoms with van der Waals surface area (Å²) in [7, 11) is 2.05. The van der Waals surface area contributed by atoms with Crippen molar-refractivity contribution in [2.45, 2.75) is 13.8 Å². The highest BCUT2D eigenvalue weighted by Crippen LogP contribution is 2.43. The summed E-state index contributed by atoms with van der Waals surface area (Å²) < 4.78 is 8.66. The monoisotopic (exact) mass is 389 g/mol. The van der Waals surface area contributed by atoms with Gasteiger partial charge in [-0.25, -0.2) is 4.57 Å².